The van der Waals surface area contributed by atoms with Crippen molar-refractivity contribution in [2.45, 2.75) is 51.2 Å². The maximum absolute atomic E-state index is 13.8. The number of likely N-dealkylation sites (N-methyl/N-ethyl adjacent to an activating group) is 1. The van der Waals surface area contributed by atoms with Crippen LogP contribution in [0.15, 0.2) is 59.1 Å². The summed E-state index contributed by atoms with van der Waals surface area (Å²) in [5.41, 5.74) is 0.701. The molecule has 0 bridgehead atoms. The SMILES string of the molecule is CC(=O)C1=C(O)[C@@H](N(C)C)[C@@H]2C[C@@H]3Cc4c(CCc5ccc(C)cc5)ccc(O)c4C(=O)C3=C(O)[C@]2(O)C1=O. The van der Waals surface area contributed by atoms with Crippen LogP contribution < -0.4 is 0 Å². The second-order valence-corrected chi connectivity index (χ2v) is 11.2. The summed E-state index contributed by atoms with van der Waals surface area (Å²) in [6, 6.07) is 10.5. The number of ketones is 3. The topological polar surface area (TPSA) is 135 Å². The minimum absolute atomic E-state index is 0.0638. The molecule has 3 aliphatic carbocycles. The predicted molar refractivity (Wildman–Crippen MR) is 144 cm³/mol. The highest BCUT2D eigenvalue weighted by Gasteiger charge is 2.63. The number of carbonyl (C=O) groups excluding carboxylic acids is 3. The molecule has 0 aromatic heterocycles. The fourth-order valence-corrected chi connectivity index (χ4v) is 6.69. The van der Waals surface area contributed by atoms with Crippen molar-refractivity contribution < 1.29 is 34.8 Å². The average Bonchev–Trinajstić information content (AvgIpc) is 2.86. The summed E-state index contributed by atoms with van der Waals surface area (Å²) in [5.74, 6) is -5.53. The van der Waals surface area contributed by atoms with Crippen molar-refractivity contribution in [2.24, 2.45) is 11.8 Å². The number of benzene rings is 2. The maximum Gasteiger partial charge on any atom is 0.209 e. The number of allylic oxidation sites excluding steroid dienone is 1. The van der Waals surface area contributed by atoms with Crippen LogP contribution in [0.2, 0.25) is 0 Å². The van der Waals surface area contributed by atoms with Gasteiger partial charge in [-0.3, -0.25) is 19.3 Å². The van der Waals surface area contributed by atoms with E-state index in [1.807, 2.05) is 25.1 Å². The van der Waals surface area contributed by atoms with Crippen LogP contribution in [-0.4, -0.2) is 68.4 Å². The van der Waals surface area contributed by atoms with Crippen LogP contribution in [0, 0.1) is 18.8 Å². The van der Waals surface area contributed by atoms with Crippen molar-refractivity contribution in [1.29, 1.82) is 0 Å². The first-order valence-electron chi connectivity index (χ1n) is 13.1. The van der Waals surface area contributed by atoms with Crippen molar-refractivity contribution in [1.82, 2.24) is 4.90 Å². The van der Waals surface area contributed by atoms with Gasteiger partial charge in [-0.15, -0.1) is 0 Å². The molecule has 3 aliphatic rings. The summed E-state index contributed by atoms with van der Waals surface area (Å²) >= 11 is 0. The lowest BCUT2D eigenvalue weighted by Gasteiger charge is -2.50. The van der Waals surface area contributed by atoms with Gasteiger partial charge in [0.1, 0.15) is 22.8 Å². The number of aliphatic hydroxyl groups is 3. The van der Waals surface area contributed by atoms with Gasteiger partial charge in [-0.25, -0.2) is 0 Å². The maximum atomic E-state index is 13.8. The molecule has 0 saturated heterocycles. The molecule has 0 unspecified atom stereocenters. The zero-order valence-electron chi connectivity index (χ0n) is 22.5. The fourth-order valence-electron chi connectivity index (χ4n) is 6.69. The van der Waals surface area contributed by atoms with Gasteiger partial charge in [0.05, 0.1) is 11.6 Å². The molecule has 5 rings (SSSR count). The monoisotopic (exact) mass is 531 g/mol. The fraction of sp³-hybridized carbons (Fsp3) is 0.387. The molecule has 0 spiro atoms. The Morgan fingerprint density at radius 1 is 1.03 bits per heavy atom. The molecule has 204 valence electrons. The first kappa shape index (κ1) is 26.8. The first-order valence-corrected chi connectivity index (χ1v) is 13.1. The largest absolute Gasteiger partial charge is 0.510 e. The standard InChI is InChI=1S/C31H33NO7/c1-15-5-7-17(8-6-15)9-10-18-11-12-22(34)25-20(18)13-19-14-21-26(32(3)4)28(36)23(16(2)33)29(37)31(21,39)30(38)24(19)27(25)35/h5-8,11-12,19,21,26,34,36,38-39H,9-10,13-14H2,1-4H3/t19-,21-,26-,31+/m0/s1. The van der Waals surface area contributed by atoms with E-state index in [-0.39, 0.29) is 23.3 Å². The molecule has 0 aliphatic heterocycles. The summed E-state index contributed by atoms with van der Waals surface area (Å²) in [4.78, 5) is 41.2. The molecule has 0 amide bonds. The average molecular weight is 532 g/mol. The van der Waals surface area contributed by atoms with E-state index in [1.165, 1.54) is 6.07 Å². The van der Waals surface area contributed by atoms with Crippen LogP contribution in [0.25, 0.3) is 0 Å². The number of hydrogen-bond acceptors (Lipinski definition) is 8. The molecule has 4 N–H and O–H groups in total. The zero-order valence-corrected chi connectivity index (χ0v) is 22.5. The highest BCUT2D eigenvalue weighted by molar-refractivity contribution is 6.25. The van der Waals surface area contributed by atoms with Crippen LogP contribution in [0.1, 0.15) is 46.0 Å². The predicted octanol–water partition coefficient (Wildman–Crippen LogP) is 3.32. The molecule has 0 radical (unpaired) electrons. The Morgan fingerprint density at radius 2 is 1.69 bits per heavy atom. The summed E-state index contributed by atoms with van der Waals surface area (Å²) in [6.45, 7) is 3.13. The molecule has 0 heterocycles. The lowest BCUT2D eigenvalue weighted by molar-refractivity contribution is -0.148. The van der Waals surface area contributed by atoms with E-state index in [0.717, 1.165) is 30.0 Å². The van der Waals surface area contributed by atoms with E-state index in [0.29, 0.717) is 18.4 Å². The Hall–Kier alpha value is -3.75. The summed E-state index contributed by atoms with van der Waals surface area (Å²) < 4.78 is 0. The normalized spacial score (nSPS) is 26.5. The summed E-state index contributed by atoms with van der Waals surface area (Å²) in [6.07, 6.45) is 1.78. The number of aromatic hydroxyl groups is 1. The van der Waals surface area contributed by atoms with Crippen LogP contribution in [0.3, 0.4) is 0 Å². The third kappa shape index (κ3) is 4.01. The van der Waals surface area contributed by atoms with Gasteiger partial charge in [-0.1, -0.05) is 35.9 Å². The van der Waals surface area contributed by atoms with E-state index in [4.69, 9.17) is 0 Å². The van der Waals surface area contributed by atoms with Gasteiger partial charge in [-0.05, 0) is 82.3 Å². The Balaban J connectivity index is 1.60. The molecule has 8 nitrogen and oxygen atoms in total. The third-order valence-corrected chi connectivity index (χ3v) is 8.61. The lowest BCUT2D eigenvalue weighted by Crippen LogP contribution is -2.63. The van der Waals surface area contributed by atoms with Crippen molar-refractivity contribution in [3.63, 3.8) is 0 Å². The molecule has 2 aromatic rings. The Kier molecular flexibility index (Phi) is 6.51. The molecule has 8 heteroatoms. The molecular weight excluding hydrogens is 498 g/mol. The van der Waals surface area contributed by atoms with Gasteiger partial charge in [0.15, 0.2) is 17.2 Å². The minimum atomic E-state index is -2.56. The Labute approximate surface area is 226 Å². The number of nitrogens with zero attached hydrogens (tertiary/aromatic N) is 1. The number of aryl methyl sites for hydroxylation is 3. The summed E-state index contributed by atoms with van der Waals surface area (Å²) in [5, 5.41) is 44.8. The molecule has 0 saturated carbocycles. The first-order chi connectivity index (χ1) is 18.4. The molecule has 39 heavy (non-hydrogen) atoms. The number of rotatable bonds is 5. The van der Waals surface area contributed by atoms with E-state index >= 15 is 0 Å². The number of hydrogen-bond donors (Lipinski definition) is 4. The van der Waals surface area contributed by atoms with E-state index in [2.05, 4.69) is 12.1 Å². The van der Waals surface area contributed by atoms with Crippen LogP contribution >= 0.6 is 0 Å². The molecule has 2 aromatic carbocycles. The number of aliphatic hydroxyl groups excluding tert-OH is 2. The number of fused-ring (bicyclic) bond motifs is 3. The highest BCUT2D eigenvalue weighted by Crippen LogP contribution is 2.52. The van der Waals surface area contributed by atoms with Gasteiger partial charge in [-0.2, -0.15) is 0 Å². The highest BCUT2D eigenvalue weighted by atomic mass is 16.3. The van der Waals surface area contributed by atoms with Crippen LogP contribution in [-0.2, 0) is 28.9 Å². The van der Waals surface area contributed by atoms with Crippen molar-refractivity contribution >= 4 is 17.3 Å². The molecule has 4 atom stereocenters. The van der Waals surface area contributed by atoms with Gasteiger partial charge >= 0.3 is 0 Å². The van der Waals surface area contributed by atoms with E-state index in [9.17, 15) is 34.8 Å². The van der Waals surface area contributed by atoms with Crippen LogP contribution in [0.4, 0.5) is 0 Å². The van der Waals surface area contributed by atoms with Gasteiger partial charge in [0.2, 0.25) is 5.78 Å². The zero-order chi connectivity index (χ0) is 28.4. The van der Waals surface area contributed by atoms with Crippen molar-refractivity contribution in [3.05, 3.63) is 86.9 Å². The van der Waals surface area contributed by atoms with Gasteiger partial charge < -0.3 is 20.4 Å². The van der Waals surface area contributed by atoms with Gasteiger partial charge in [0, 0.05) is 11.5 Å². The Morgan fingerprint density at radius 3 is 2.31 bits per heavy atom. The van der Waals surface area contributed by atoms with Crippen molar-refractivity contribution in [3.8, 4) is 5.75 Å². The number of phenolic OH excluding ortho intramolecular Hbond substituents is 1. The number of phenols is 1. The van der Waals surface area contributed by atoms with E-state index in [1.54, 1.807) is 19.0 Å². The smallest absolute Gasteiger partial charge is 0.209 e. The number of Topliss-reactive ketones (excluding diaryl/α,β-unsaturated/α-hetero) is 3. The van der Waals surface area contributed by atoms with Gasteiger partial charge in [0.25, 0.3) is 0 Å². The Bertz CT molecular complexity index is 1470. The third-order valence-electron chi connectivity index (χ3n) is 8.61. The molecule has 0 fully saturated rings. The summed E-state index contributed by atoms with van der Waals surface area (Å²) in [7, 11) is 3.29. The van der Waals surface area contributed by atoms with Crippen LogP contribution in [0.5, 0.6) is 5.75 Å². The number of carbonyl (C=O) groups is 3. The lowest BCUT2D eigenvalue weighted by atomic mass is 9.58. The second-order valence-electron chi connectivity index (χ2n) is 11.2. The quantitative estimate of drug-likeness (QED) is 0.432. The molecular formula is C31H33NO7. The minimum Gasteiger partial charge on any atom is -0.510 e. The van der Waals surface area contributed by atoms with Crippen molar-refractivity contribution in [2.75, 3.05) is 14.1 Å². The second kappa shape index (κ2) is 9.47. The van der Waals surface area contributed by atoms with E-state index < -0.39 is 57.9 Å².